The van der Waals surface area contributed by atoms with Crippen LogP contribution in [0.25, 0.3) is 10.8 Å². The van der Waals surface area contributed by atoms with Crippen molar-refractivity contribution in [3.05, 3.63) is 131 Å². The number of para-hydroxylation sites is 2. The van der Waals surface area contributed by atoms with E-state index in [2.05, 4.69) is 17.4 Å². The summed E-state index contributed by atoms with van der Waals surface area (Å²) in [6, 6.07) is 33.5. The smallest absolute Gasteiger partial charge is 0.336 e. The number of nitrogens with zero attached hydrogens (tertiary/aromatic N) is 1. The Hall–Kier alpha value is -4.88. The molecule has 0 saturated heterocycles. The molecule has 7 heteroatoms. The minimum Gasteiger partial charge on any atom is -0.478 e. The third-order valence-corrected chi connectivity index (χ3v) is 8.23. The second kappa shape index (κ2) is 11.3. The minimum absolute atomic E-state index is 0.000584. The molecule has 2 amide bonds. The molecule has 0 unspecified atom stereocenters. The van der Waals surface area contributed by atoms with E-state index in [0.717, 1.165) is 40.2 Å². The standard InChI is InChI=1S/C34H26N2O4S/c37-31(36-29-13-3-1-7-22(29)15-16-23-8-2-4-14-30(23)36)21-41-26-19-17-25(18-20-26)35-33(38)27-11-5-9-24-10-6-12-28(32(24)27)34(39)40/h1-14,17-20H,15-16,21H2,(H,35,38)(H,39,40). The first kappa shape index (κ1) is 26.3. The van der Waals surface area contributed by atoms with Crippen LogP contribution < -0.4 is 10.2 Å². The SMILES string of the molecule is O=C(O)c1cccc2cccc(C(=O)Nc3ccc(SCC(=O)N4c5ccccc5CCc5ccccc54)cc3)c12. The highest BCUT2D eigenvalue weighted by Gasteiger charge is 2.25. The first-order valence-electron chi connectivity index (χ1n) is 13.3. The zero-order chi connectivity index (χ0) is 28.3. The number of rotatable bonds is 6. The maximum Gasteiger partial charge on any atom is 0.336 e. The van der Waals surface area contributed by atoms with Crippen LogP contribution in [0.1, 0.15) is 31.8 Å². The van der Waals surface area contributed by atoms with Crippen molar-refractivity contribution in [2.75, 3.05) is 16.0 Å². The second-order valence-electron chi connectivity index (χ2n) is 9.77. The van der Waals surface area contributed by atoms with Gasteiger partial charge in [0.05, 0.1) is 22.7 Å². The van der Waals surface area contributed by atoms with Gasteiger partial charge in [0, 0.05) is 21.5 Å². The lowest BCUT2D eigenvalue weighted by atomic mass is 9.98. The zero-order valence-electron chi connectivity index (χ0n) is 22.0. The number of thioether (sulfide) groups is 1. The van der Waals surface area contributed by atoms with Crippen molar-refractivity contribution in [3.8, 4) is 0 Å². The zero-order valence-corrected chi connectivity index (χ0v) is 22.9. The molecule has 0 fully saturated rings. The van der Waals surface area contributed by atoms with E-state index in [1.54, 1.807) is 42.5 Å². The minimum atomic E-state index is -1.08. The lowest BCUT2D eigenvalue weighted by molar-refractivity contribution is -0.115. The number of aryl methyl sites for hydroxylation is 2. The van der Waals surface area contributed by atoms with E-state index in [0.29, 0.717) is 22.0 Å². The summed E-state index contributed by atoms with van der Waals surface area (Å²) in [5.74, 6) is -1.22. The Morgan fingerprint density at radius 1 is 0.707 bits per heavy atom. The van der Waals surface area contributed by atoms with Gasteiger partial charge < -0.3 is 10.4 Å². The topological polar surface area (TPSA) is 86.7 Å². The van der Waals surface area contributed by atoms with Crippen molar-refractivity contribution in [3.63, 3.8) is 0 Å². The third kappa shape index (κ3) is 5.32. The van der Waals surface area contributed by atoms with Crippen molar-refractivity contribution in [2.24, 2.45) is 0 Å². The van der Waals surface area contributed by atoms with Gasteiger partial charge in [-0.05, 0) is 77.9 Å². The van der Waals surface area contributed by atoms with E-state index < -0.39 is 11.9 Å². The number of hydrogen-bond acceptors (Lipinski definition) is 4. The molecule has 5 aromatic carbocycles. The molecule has 0 bridgehead atoms. The summed E-state index contributed by atoms with van der Waals surface area (Å²) in [4.78, 5) is 41.3. The summed E-state index contributed by atoms with van der Waals surface area (Å²) in [5.41, 5.74) is 5.13. The van der Waals surface area contributed by atoms with Gasteiger partial charge in [-0.2, -0.15) is 0 Å². The molecule has 1 aliphatic heterocycles. The lowest BCUT2D eigenvalue weighted by Gasteiger charge is -2.25. The predicted molar refractivity (Wildman–Crippen MR) is 163 cm³/mol. The molecule has 0 atom stereocenters. The molecule has 0 saturated carbocycles. The fourth-order valence-corrected chi connectivity index (χ4v) is 6.05. The van der Waals surface area contributed by atoms with Crippen LogP contribution in [0, 0.1) is 0 Å². The molecule has 5 aromatic rings. The van der Waals surface area contributed by atoms with E-state index >= 15 is 0 Å². The normalized spacial score (nSPS) is 12.2. The summed E-state index contributed by atoms with van der Waals surface area (Å²) in [5, 5.41) is 13.6. The highest BCUT2D eigenvalue weighted by atomic mass is 32.2. The van der Waals surface area contributed by atoms with Gasteiger partial charge in [0.2, 0.25) is 5.91 Å². The average molecular weight is 559 g/mol. The second-order valence-corrected chi connectivity index (χ2v) is 10.8. The van der Waals surface area contributed by atoms with Crippen LogP contribution in [0.4, 0.5) is 17.1 Å². The Labute approximate surface area is 241 Å². The average Bonchev–Trinajstić information content (AvgIpc) is 3.17. The third-order valence-electron chi connectivity index (χ3n) is 7.23. The Morgan fingerprint density at radius 3 is 1.90 bits per heavy atom. The van der Waals surface area contributed by atoms with Crippen molar-refractivity contribution >= 4 is 57.4 Å². The highest BCUT2D eigenvalue weighted by molar-refractivity contribution is 8.00. The molecule has 0 aliphatic carbocycles. The number of benzene rings is 5. The number of aromatic carboxylic acids is 1. The number of nitrogens with one attached hydrogen (secondary N) is 1. The molecule has 41 heavy (non-hydrogen) atoms. The van der Waals surface area contributed by atoms with Gasteiger partial charge in [-0.25, -0.2) is 4.79 Å². The molecule has 6 nitrogen and oxygen atoms in total. The summed E-state index contributed by atoms with van der Waals surface area (Å²) in [6.45, 7) is 0. The lowest BCUT2D eigenvalue weighted by Crippen LogP contribution is -2.28. The summed E-state index contributed by atoms with van der Waals surface area (Å²) >= 11 is 1.44. The number of hydrogen-bond donors (Lipinski definition) is 2. The van der Waals surface area contributed by atoms with Gasteiger partial charge in [0.1, 0.15) is 0 Å². The molecule has 202 valence electrons. The summed E-state index contributed by atoms with van der Waals surface area (Å²) in [7, 11) is 0. The number of carbonyl (C=O) groups is 3. The van der Waals surface area contributed by atoms with E-state index in [1.807, 2.05) is 53.4 Å². The van der Waals surface area contributed by atoms with E-state index in [1.165, 1.54) is 17.8 Å². The quantitative estimate of drug-likeness (QED) is 0.213. The van der Waals surface area contributed by atoms with Gasteiger partial charge in [0.25, 0.3) is 5.91 Å². The van der Waals surface area contributed by atoms with Crippen molar-refractivity contribution < 1.29 is 19.5 Å². The molecule has 6 rings (SSSR count). The summed E-state index contributed by atoms with van der Waals surface area (Å²) in [6.07, 6.45) is 1.77. The van der Waals surface area contributed by atoms with Gasteiger partial charge in [0.15, 0.2) is 0 Å². The molecule has 1 aliphatic rings. The maximum atomic E-state index is 13.6. The molecular formula is C34H26N2O4S. The number of fused-ring (bicyclic) bond motifs is 3. The molecule has 0 spiro atoms. The van der Waals surface area contributed by atoms with Crippen LogP contribution in [0.5, 0.6) is 0 Å². The molecule has 1 heterocycles. The van der Waals surface area contributed by atoms with Crippen molar-refractivity contribution in [1.29, 1.82) is 0 Å². The molecular weight excluding hydrogens is 532 g/mol. The maximum absolute atomic E-state index is 13.6. The van der Waals surface area contributed by atoms with Gasteiger partial charge in [-0.1, -0.05) is 60.7 Å². The van der Waals surface area contributed by atoms with E-state index in [-0.39, 0.29) is 17.2 Å². The van der Waals surface area contributed by atoms with Crippen molar-refractivity contribution in [2.45, 2.75) is 17.7 Å². The Kier molecular flexibility index (Phi) is 7.27. The Balaban J connectivity index is 1.17. The van der Waals surface area contributed by atoms with Gasteiger partial charge in [-0.3, -0.25) is 14.5 Å². The van der Waals surface area contributed by atoms with Gasteiger partial charge in [-0.15, -0.1) is 11.8 Å². The van der Waals surface area contributed by atoms with Crippen LogP contribution in [-0.2, 0) is 17.6 Å². The molecule has 0 radical (unpaired) electrons. The molecule has 0 aromatic heterocycles. The fourth-order valence-electron chi connectivity index (χ4n) is 5.30. The fraction of sp³-hybridized carbons (Fsp3) is 0.0882. The highest BCUT2D eigenvalue weighted by Crippen LogP contribution is 2.37. The van der Waals surface area contributed by atoms with E-state index in [9.17, 15) is 19.5 Å². The van der Waals surface area contributed by atoms with Crippen molar-refractivity contribution in [1.82, 2.24) is 0 Å². The first-order chi connectivity index (χ1) is 20.0. The Bertz CT molecular complexity index is 1750. The van der Waals surface area contributed by atoms with E-state index in [4.69, 9.17) is 0 Å². The number of carboxylic acids is 1. The van der Waals surface area contributed by atoms with Gasteiger partial charge >= 0.3 is 5.97 Å². The van der Waals surface area contributed by atoms with Crippen LogP contribution in [0.15, 0.2) is 114 Å². The summed E-state index contributed by atoms with van der Waals surface area (Å²) < 4.78 is 0. The number of carbonyl (C=O) groups excluding carboxylic acids is 2. The Morgan fingerprint density at radius 2 is 1.29 bits per heavy atom. The van der Waals surface area contributed by atoms with Crippen LogP contribution in [0.3, 0.4) is 0 Å². The number of anilines is 3. The van der Waals surface area contributed by atoms with Crippen LogP contribution in [0.2, 0.25) is 0 Å². The first-order valence-corrected chi connectivity index (χ1v) is 14.3. The molecule has 2 N–H and O–H groups in total. The number of carboxylic acid groups (broad SMARTS) is 1. The van der Waals surface area contributed by atoms with Crippen LogP contribution in [-0.4, -0.2) is 28.6 Å². The predicted octanol–water partition coefficient (Wildman–Crippen LogP) is 7.35. The monoisotopic (exact) mass is 558 g/mol. The number of amides is 2. The van der Waals surface area contributed by atoms with Crippen LogP contribution >= 0.6 is 11.8 Å². The largest absolute Gasteiger partial charge is 0.478 e.